The molecule has 0 aliphatic rings. The van der Waals surface area contributed by atoms with E-state index in [1.54, 1.807) is 24.3 Å². The molecule has 0 aliphatic heterocycles. The Hall–Kier alpha value is -0.440. The van der Waals surface area contributed by atoms with Crippen molar-refractivity contribution in [3.63, 3.8) is 0 Å². The van der Waals surface area contributed by atoms with E-state index >= 15 is 0 Å². The highest BCUT2D eigenvalue weighted by molar-refractivity contribution is 9.10. The average molecular weight is 235 g/mol. The molecule has 0 bridgehead atoms. The molecule has 1 rings (SSSR count). The lowest BCUT2D eigenvalue weighted by molar-refractivity contribution is -0.178. The van der Waals surface area contributed by atoms with Crippen molar-refractivity contribution in [2.45, 2.75) is 0 Å². The third-order valence-electron chi connectivity index (χ3n) is 0.994. The van der Waals surface area contributed by atoms with E-state index in [0.717, 1.165) is 4.47 Å². The van der Waals surface area contributed by atoms with Crippen LogP contribution < -0.4 is 9.42 Å². The van der Waals surface area contributed by atoms with E-state index in [9.17, 15) is 9.46 Å². The highest BCUT2D eigenvalue weighted by Crippen LogP contribution is 2.21. The first-order valence-corrected chi connectivity index (χ1v) is 4.65. The van der Waals surface area contributed by atoms with Crippen LogP contribution >= 0.6 is 24.2 Å². The van der Waals surface area contributed by atoms with Gasteiger partial charge in [-0.05, 0) is 28.8 Å². The largest absolute Gasteiger partial charge is 0.558 e. The van der Waals surface area contributed by atoms with E-state index in [2.05, 4.69) is 20.5 Å². The molecule has 0 radical (unpaired) electrons. The van der Waals surface area contributed by atoms with Crippen LogP contribution in [-0.2, 0) is 4.57 Å². The van der Waals surface area contributed by atoms with Crippen LogP contribution in [0, 0.1) is 0 Å². The molecule has 0 heterocycles. The molecule has 0 amide bonds. The van der Waals surface area contributed by atoms with Crippen molar-refractivity contribution < 1.29 is 14.0 Å². The van der Waals surface area contributed by atoms with Crippen LogP contribution in [0.5, 0.6) is 5.75 Å². The van der Waals surface area contributed by atoms with Gasteiger partial charge in [-0.2, -0.15) is 0 Å². The lowest BCUT2D eigenvalue weighted by Crippen LogP contribution is -1.92. The molecule has 5 heteroatoms. The molecule has 1 unspecified atom stereocenters. The minimum Gasteiger partial charge on any atom is -0.558 e. The Morgan fingerprint density at radius 2 is 1.91 bits per heavy atom. The van der Waals surface area contributed by atoms with Gasteiger partial charge in [0.1, 0.15) is 0 Å². The first-order valence-electron chi connectivity index (χ1n) is 2.76. The summed E-state index contributed by atoms with van der Waals surface area (Å²) in [6.07, 6.45) is 0. The van der Waals surface area contributed by atoms with Gasteiger partial charge in [-0.25, -0.2) is 0 Å². The molecular formula is C6H4BrO3P. The van der Waals surface area contributed by atoms with Crippen LogP contribution in [-0.4, -0.2) is 0 Å². The highest BCUT2D eigenvalue weighted by atomic mass is 79.9. The van der Waals surface area contributed by atoms with Gasteiger partial charge in [0.05, 0.1) is 0 Å². The van der Waals surface area contributed by atoms with Crippen LogP contribution in [0.25, 0.3) is 0 Å². The molecule has 0 spiro atoms. The van der Waals surface area contributed by atoms with Gasteiger partial charge in [0, 0.05) is 4.47 Å². The van der Waals surface area contributed by atoms with E-state index in [1.165, 1.54) is 0 Å². The minimum absolute atomic E-state index is 0.323. The van der Waals surface area contributed by atoms with Crippen molar-refractivity contribution in [1.29, 1.82) is 0 Å². The fraction of sp³-hybridized carbons (Fsp3) is 0. The van der Waals surface area contributed by atoms with Crippen LogP contribution in [0.2, 0.25) is 0 Å². The van der Waals surface area contributed by atoms with Crippen LogP contribution in [0.1, 0.15) is 0 Å². The van der Waals surface area contributed by atoms with Crippen LogP contribution in [0.3, 0.4) is 0 Å². The Kier molecular flexibility index (Phi) is 3.00. The zero-order chi connectivity index (χ0) is 8.27. The smallest absolute Gasteiger partial charge is 0.539 e. The summed E-state index contributed by atoms with van der Waals surface area (Å²) in [6.45, 7) is 0. The predicted molar refractivity (Wildman–Crippen MR) is 42.4 cm³/mol. The third-order valence-corrected chi connectivity index (χ3v) is 1.88. The molecule has 58 valence electrons. The van der Waals surface area contributed by atoms with Gasteiger partial charge in [0.2, 0.25) is 0 Å². The van der Waals surface area contributed by atoms with Gasteiger partial charge >= 0.3 is 8.25 Å². The summed E-state index contributed by atoms with van der Waals surface area (Å²) in [7, 11) is -2.80. The molecule has 0 aliphatic carbocycles. The first kappa shape index (κ1) is 8.65. The van der Waals surface area contributed by atoms with Gasteiger partial charge < -0.3 is 4.89 Å². The van der Waals surface area contributed by atoms with Gasteiger partial charge in [-0.15, -0.1) is 0 Å². The Morgan fingerprint density at radius 1 is 1.36 bits per heavy atom. The molecule has 11 heavy (non-hydrogen) atoms. The Bertz CT molecular complexity index is 259. The number of hydrogen-bond acceptors (Lipinski definition) is 3. The molecule has 0 N–H and O–H groups in total. The lowest BCUT2D eigenvalue weighted by Gasteiger charge is -1.93. The highest BCUT2D eigenvalue weighted by Gasteiger charge is 2.02. The Balaban J connectivity index is 2.74. The SMILES string of the molecule is O=[P+]([O-])Oc1ccc(Br)cc1. The van der Waals surface area contributed by atoms with E-state index < -0.39 is 8.25 Å². The predicted octanol–water partition coefficient (Wildman–Crippen LogP) is 1.85. The van der Waals surface area contributed by atoms with Crippen LogP contribution in [0.15, 0.2) is 28.7 Å². The number of halogens is 1. The van der Waals surface area contributed by atoms with Gasteiger partial charge in [0.25, 0.3) is 0 Å². The molecule has 0 saturated heterocycles. The van der Waals surface area contributed by atoms with Crippen molar-refractivity contribution in [2.24, 2.45) is 0 Å². The van der Waals surface area contributed by atoms with E-state index in [4.69, 9.17) is 0 Å². The molecule has 1 atom stereocenters. The van der Waals surface area contributed by atoms with Crippen molar-refractivity contribution in [3.05, 3.63) is 28.7 Å². The first-order chi connectivity index (χ1) is 5.18. The summed E-state index contributed by atoms with van der Waals surface area (Å²) >= 11 is 3.21. The topological polar surface area (TPSA) is 49.4 Å². The summed E-state index contributed by atoms with van der Waals surface area (Å²) in [5.74, 6) is 0.323. The normalized spacial score (nSPS) is 10.9. The second kappa shape index (κ2) is 3.81. The standard InChI is InChI=1S/C6H4BrO3P/c7-5-1-3-6(4-2-5)10-11(8)9/h1-4H. The zero-order valence-corrected chi connectivity index (χ0v) is 7.84. The Labute approximate surface area is 73.1 Å². The maximum absolute atomic E-state index is 10.1. The average Bonchev–Trinajstić information content (AvgIpc) is 1.93. The van der Waals surface area contributed by atoms with Gasteiger partial charge in [0.15, 0.2) is 5.75 Å². The molecule has 0 fully saturated rings. The van der Waals surface area contributed by atoms with E-state index in [-0.39, 0.29) is 0 Å². The molecule has 0 saturated carbocycles. The van der Waals surface area contributed by atoms with Crippen molar-refractivity contribution in [2.75, 3.05) is 0 Å². The quantitative estimate of drug-likeness (QED) is 0.734. The molecular weight excluding hydrogens is 231 g/mol. The lowest BCUT2D eigenvalue weighted by atomic mass is 10.3. The molecule has 0 aromatic heterocycles. The van der Waals surface area contributed by atoms with E-state index in [0.29, 0.717) is 5.75 Å². The van der Waals surface area contributed by atoms with E-state index in [1.807, 2.05) is 0 Å². The van der Waals surface area contributed by atoms with Crippen molar-refractivity contribution >= 4 is 24.2 Å². The van der Waals surface area contributed by atoms with Crippen molar-refractivity contribution in [1.82, 2.24) is 0 Å². The monoisotopic (exact) mass is 234 g/mol. The van der Waals surface area contributed by atoms with Gasteiger partial charge in [-0.3, -0.25) is 4.52 Å². The molecule has 3 nitrogen and oxygen atoms in total. The summed E-state index contributed by atoms with van der Waals surface area (Å²) in [4.78, 5) is 10.1. The summed E-state index contributed by atoms with van der Waals surface area (Å²) < 4.78 is 15.3. The second-order valence-corrected chi connectivity index (χ2v) is 3.31. The summed E-state index contributed by atoms with van der Waals surface area (Å²) in [6, 6.07) is 6.53. The molecule has 1 aromatic carbocycles. The molecule has 1 aromatic rings. The summed E-state index contributed by atoms with van der Waals surface area (Å²) in [5, 5.41) is 0. The Morgan fingerprint density at radius 3 is 2.36 bits per heavy atom. The fourth-order valence-electron chi connectivity index (χ4n) is 0.582. The minimum atomic E-state index is -2.80. The second-order valence-electron chi connectivity index (χ2n) is 1.77. The maximum atomic E-state index is 10.1. The summed E-state index contributed by atoms with van der Waals surface area (Å²) in [5.41, 5.74) is 0. The third kappa shape index (κ3) is 2.97. The maximum Gasteiger partial charge on any atom is 0.539 e. The van der Waals surface area contributed by atoms with Crippen LogP contribution in [0.4, 0.5) is 0 Å². The van der Waals surface area contributed by atoms with Gasteiger partial charge in [-0.1, -0.05) is 15.9 Å². The van der Waals surface area contributed by atoms with Crippen molar-refractivity contribution in [3.8, 4) is 5.75 Å². The number of benzene rings is 1. The fourth-order valence-corrected chi connectivity index (χ4v) is 1.14. The zero-order valence-electron chi connectivity index (χ0n) is 5.36. The number of hydrogen-bond donors (Lipinski definition) is 0. The number of rotatable bonds is 2.